The minimum atomic E-state index is -0.317. The van der Waals surface area contributed by atoms with Crippen LogP contribution in [0.3, 0.4) is 0 Å². The minimum Gasteiger partial charge on any atom is -0.493 e. The molecule has 1 aliphatic heterocycles. The molecular formula is C23H24INO5S. The van der Waals surface area contributed by atoms with Gasteiger partial charge in [0.1, 0.15) is 12.4 Å². The predicted octanol–water partition coefficient (Wildman–Crippen LogP) is 5.51. The third kappa shape index (κ3) is 5.94. The highest BCUT2D eigenvalue weighted by Gasteiger charge is 2.34. The topological polar surface area (TPSA) is 65.1 Å². The van der Waals surface area contributed by atoms with Crippen molar-refractivity contribution in [1.29, 1.82) is 0 Å². The van der Waals surface area contributed by atoms with Crippen LogP contribution in [0.25, 0.3) is 6.08 Å². The van der Waals surface area contributed by atoms with E-state index in [0.717, 1.165) is 32.9 Å². The van der Waals surface area contributed by atoms with Crippen molar-refractivity contribution >= 4 is 51.6 Å². The van der Waals surface area contributed by atoms with Crippen molar-refractivity contribution in [2.24, 2.45) is 0 Å². The van der Waals surface area contributed by atoms with Crippen LogP contribution in [0.1, 0.15) is 24.5 Å². The van der Waals surface area contributed by atoms with Crippen molar-refractivity contribution in [1.82, 2.24) is 4.90 Å². The van der Waals surface area contributed by atoms with E-state index in [0.29, 0.717) is 28.8 Å². The van der Waals surface area contributed by atoms with Gasteiger partial charge in [0.25, 0.3) is 11.1 Å². The Bertz CT molecular complexity index is 990. The summed E-state index contributed by atoms with van der Waals surface area (Å²) < 4.78 is 17.8. The van der Waals surface area contributed by atoms with Gasteiger partial charge >= 0.3 is 0 Å². The van der Waals surface area contributed by atoms with Gasteiger partial charge in [0, 0.05) is 0 Å². The molecule has 0 N–H and O–H groups in total. The molecule has 0 aliphatic carbocycles. The fourth-order valence-corrected chi connectivity index (χ4v) is 4.55. The van der Waals surface area contributed by atoms with Crippen molar-refractivity contribution in [2.45, 2.75) is 20.3 Å². The SMILES string of the molecule is CCCOc1c(I)cc(/C=C2\SC(=O)N(CCOc3ccc(C)cc3)C2=O)cc1OC. The normalized spacial score (nSPS) is 15.0. The molecule has 1 heterocycles. The van der Waals surface area contributed by atoms with E-state index >= 15 is 0 Å². The number of methoxy groups -OCH3 is 1. The number of hydrogen-bond donors (Lipinski definition) is 0. The minimum absolute atomic E-state index is 0.195. The molecule has 0 radical (unpaired) electrons. The molecule has 2 aromatic rings. The van der Waals surface area contributed by atoms with Crippen molar-refractivity contribution in [3.63, 3.8) is 0 Å². The standard InChI is InChI=1S/C23H24INO5S/c1-4-10-30-21-18(24)12-16(13-19(21)28-3)14-20-22(26)25(23(27)31-20)9-11-29-17-7-5-15(2)6-8-17/h5-8,12-14H,4,9-11H2,1-3H3/b20-14-. The van der Waals surface area contributed by atoms with E-state index in [1.54, 1.807) is 13.2 Å². The lowest BCUT2D eigenvalue weighted by Crippen LogP contribution is -2.32. The molecule has 2 aromatic carbocycles. The van der Waals surface area contributed by atoms with E-state index in [4.69, 9.17) is 14.2 Å². The molecule has 3 rings (SSSR count). The van der Waals surface area contributed by atoms with Crippen molar-refractivity contribution < 1.29 is 23.8 Å². The average molecular weight is 553 g/mol. The molecular weight excluding hydrogens is 529 g/mol. The van der Waals surface area contributed by atoms with Gasteiger partial charge in [0.15, 0.2) is 11.5 Å². The number of hydrogen-bond acceptors (Lipinski definition) is 6. The van der Waals surface area contributed by atoms with Gasteiger partial charge in [-0.3, -0.25) is 14.5 Å². The molecule has 0 bridgehead atoms. The van der Waals surface area contributed by atoms with E-state index in [1.807, 2.05) is 50.2 Å². The van der Waals surface area contributed by atoms with Crippen LogP contribution < -0.4 is 14.2 Å². The Kier molecular flexibility index (Phi) is 8.25. The van der Waals surface area contributed by atoms with E-state index in [-0.39, 0.29) is 24.3 Å². The van der Waals surface area contributed by atoms with Crippen molar-refractivity contribution in [2.75, 3.05) is 26.9 Å². The number of rotatable bonds is 9. The largest absolute Gasteiger partial charge is 0.493 e. The predicted molar refractivity (Wildman–Crippen MR) is 131 cm³/mol. The molecule has 0 unspecified atom stereocenters. The molecule has 6 nitrogen and oxygen atoms in total. The average Bonchev–Trinajstić information content (AvgIpc) is 3.01. The van der Waals surface area contributed by atoms with Crippen LogP contribution in [0.4, 0.5) is 4.79 Å². The molecule has 31 heavy (non-hydrogen) atoms. The highest BCUT2D eigenvalue weighted by atomic mass is 127. The number of carbonyl (C=O) groups excluding carboxylic acids is 2. The van der Waals surface area contributed by atoms with Crippen LogP contribution >= 0.6 is 34.4 Å². The molecule has 8 heteroatoms. The number of benzene rings is 2. The van der Waals surface area contributed by atoms with Crippen molar-refractivity contribution in [3.05, 3.63) is 56.0 Å². The summed E-state index contributed by atoms with van der Waals surface area (Å²) >= 11 is 3.11. The number of thioether (sulfide) groups is 1. The molecule has 2 amide bonds. The molecule has 0 saturated carbocycles. The molecule has 0 atom stereocenters. The Morgan fingerprint density at radius 2 is 1.84 bits per heavy atom. The molecule has 164 valence electrons. The summed E-state index contributed by atoms with van der Waals surface area (Å²) in [4.78, 5) is 26.7. The van der Waals surface area contributed by atoms with Crippen LogP contribution in [-0.2, 0) is 4.79 Å². The number of imide groups is 1. The summed E-state index contributed by atoms with van der Waals surface area (Å²) in [5, 5.41) is -0.298. The Morgan fingerprint density at radius 1 is 1.10 bits per heavy atom. The summed E-state index contributed by atoms with van der Waals surface area (Å²) in [7, 11) is 1.58. The van der Waals surface area contributed by atoms with Gasteiger partial charge in [-0.2, -0.15) is 0 Å². The first-order chi connectivity index (χ1) is 14.9. The van der Waals surface area contributed by atoms with Crippen LogP contribution in [0.2, 0.25) is 0 Å². The van der Waals surface area contributed by atoms with Crippen LogP contribution in [0.15, 0.2) is 41.3 Å². The lowest BCUT2D eigenvalue weighted by Gasteiger charge is -2.14. The second-order valence-electron chi connectivity index (χ2n) is 6.88. The summed E-state index contributed by atoms with van der Waals surface area (Å²) in [5.74, 6) is 1.67. The highest BCUT2D eigenvalue weighted by molar-refractivity contribution is 14.1. The lowest BCUT2D eigenvalue weighted by atomic mass is 10.2. The zero-order chi connectivity index (χ0) is 22.4. The number of nitrogens with zero attached hydrogens (tertiary/aromatic N) is 1. The summed E-state index contributed by atoms with van der Waals surface area (Å²) in [6.07, 6.45) is 2.60. The maximum Gasteiger partial charge on any atom is 0.293 e. The van der Waals surface area contributed by atoms with Gasteiger partial charge in [-0.15, -0.1) is 0 Å². The Morgan fingerprint density at radius 3 is 2.52 bits per heavy atom. The maximum atomic E-state index is 12.8. The monoisotopic (exact) mass is 553 g/mol. The van der Waals surface area contributed by atoms with Gasteiger partial charge in [-0.25, -0.2) is 0 Å². The zero-order valence-electron chi connectivity index (χ0n) is 17.6. The molecule has 1 fully saturated rings. The number of carbonyl (C=O) groups is 2. The molecule has 0 spiro atoms. The van der Waals surface area contributed by atoms with Crippen molar-refractivity contribution in [3.8, 4) is 17.2 Å². The van der Waals surface area contributed by atoms with Gasteiger partial charge < -0.3 is 14.2 Å². The lowest BCUT2D eigenvalue weighted by molar-refractivity contribution is -0.123. The number of halogens is 1. The van der Waals surface area contributed by atoms with Gasteiger partial charge in [-0.05, 0) is 83.6 Å². The van der Waals surface area contributed by atoms with Gasteiger partial charge in [0.2, 0.25) is 0 Å². The van der Waals surface area contributed by atoms with E-state index in [9.17, 15) is 9.59 Å². The fraction of sp³-hybridized carbons (Fsp3) is 0.304. The van der Waals surface area contributed by atoms with E-state index in [2.05, 4.69) is 22.6 Å². The van der Waals surface area contributed by atoms with Crippen LogP contribution in [-0.4, -0.2) is 42.9 Å². The smallest absolute Gasteiger partial charge is 0.293 e. The molecule has 1 aliphatic rings. The van der Waals surface area contributed by atoms with Crippen LogP contribution in [0.5, 0.6) is 17.2 Å². The van der Waals surface area contributed by atoms with E-state index < -0.39 is 0 Å². The molecule has 1 saturated heterocycles. The maximum absolute atomic E-state index is 12.8. The Hall–Kier alpha value is -2.20. The van der Waals surface area contributed by atoms with E-state index in [1.165, 1.54) is 4.90 Å². The van der Waals surface area contributed by atoms with Gasteiger partial charge in [-0.1, -0.05) is 24.6 Å². The number of amides is 2. The third-order valence-electron chi connectivity index (χ3n) is 4.48. The number of aryl methyl sites for hydroxylation is 1. The molecule has 0 aromatic heterocycles. The summed E-state index contributed by atoms with van der Waals surface area (Å²) in [5.41, 5.74) is 1.91. The zero-order valence-corrected chi connectivity index (χ0v) is 20.6. The Balaban J connectivity index is 1.69. The quantitative estimate of drug-likeness (QED) is 0.302. The first-order valence-corrected chi connectivity index (χ1v) is 11.8. The summed E-state index contributed by atoms with van der Waals surface area (Å²) in [6, 6.07) is 11.3. The summed E-state index contributed by atoms with van der Waals surface area (Å²) in [6.45, 7) is 5.06. The van der Waals surface area contributed by atoms with Gasteiger partial charge in [0.05, 0.1) is 28.7 Å². The second kappa shape index (κ2) is 10.9. The third-order valence-corrected chi connectivity index (χ3v) is 6.19. The first-order valence-electron chi connectivity index (χ1n) is 9.88. The highest BCUT2D eigenvalue weighted by Crippen LogP contribution is 2.37. The van der Waals surface area contributed by atoms with Crippen LogP contribution in [0, 0.1) is 10.5 Å². The fourth-order valence-electron chi connectivity index (χ4n) is 2.90. The first kappa shape index (κ1) is 23.5. The number of ether oxygens (including phenoxy) is 3. The second-order valence-corrected chi connectivity index (χ2v) is 9.03. The Labute approximate surface area is 200 Å².